The SMILES string of the molecule is Cc1ccc(C(O)(CC(=O)N2CCNC(=O)C2(C)C)C(F)(F)F)o1. The average molecular weight is 348 g/mol. The number of aliphatic hydroxyl groups is 1. The summed E-state index contributed by atoms with van der Waals surface area (Å²) in [5, 5.41) is 12.8. The quantitative estimate of drug-likeness (QED) is 0.866. The van der Waals surface area contributed by atoms with Crippen molar-refractivity contribution in [3.8, 4) is 0 Å². The van der Waals surface area contributed by atoms with Gasteiger partial charge in [0, 0.05) is 13.1 Å². The van der Waals surface area contributed by atoms with E-state index in [1.165, 1.54) is 26.8 Å². The van der Waals surface area contributed by atoms with Crippen molar-refractivity contribution < 1.29 is 32.3 Å². The van der Waals surface area contributed by atoms with Crippen molar-refractivity contribution in [2.75, 3.05) is 13.1 Å². The van der Waals surface area contributed by atoms with Crippen molar-refractivity contribution in [3.63, 3.8) is 0 Å². The van der Waals surface area contributed by atoms with E-state index in [1.54, 1.807) is 0 Å². The Labute approximate surface area is 136 Å². The smallest absolute Gasteiger partial charge is 0.425 e. The number of piperazine rings is 1. The monoisotopic (exact) mass is 348 g/mol. The summed E-state index contributed by atoms with van der Waals surface area (Å²) in [7, 11) is 0. The van der Waals surface area contributed by atoms with E-state index < -0.39 is 41.3 Å². The summed E-state index contributed by atoms with van der Waals surface area (Å²) in [6.07, 6.45) is -6.38. The minimum Gasteiger partial charge on any atom is -0.463 e. The lowest BCUT2D eigenvalue weighted by molar-refractivity contribution is -0.274. The second-order valence-electron chi connectivity index (χ2n) is 6.31. The minimum atomic E-state index is -5.12. The van der Waals surface area contributed by atoms with E-state index >= 15 is 0 Å². The van der Waals surface area contributed by atoms with Crippen molar-refractivity contribution in [2.24, 2.45) is 0 Å². The normalized spacial score (nSPS) is 20.5. The van der Waals surface area contributed by atoms with E-state index in [0.717, 1.165) is 11.0 Å². The molecule has 1 atom stereocenters. The van der Waals surface area contributed by atoms with Crippen LogP contribution in [0, 0.1) is 6.92 Å². The molecular weight excluding hydrogens is 329 g/mol. The maximum Gasteiger partial charge on any atom is 0.425 e. The fraction of sp³-hybridized carbons (Fsp3) is 0.600. The number of nitrogens with one attached hydrogen (secondary N) is 1. The molecule has 2 heterocycles. The Morgan fingerprint density at radius 3 is 2.54 bits per heavy atom. The number of halogens is 3. The Bertz CT molecular complexity index is 653. The summed E-state index contributed by atoms with van der Waals surface area (Å²) in [6, 6.07) is 2.26. The van der Waals surface area contributed by atoms with E-state index in [-0.39, 0.29) is 18.8 Å². The summed E-state index contributed by atoms with van der Waals surface area (Å²) in [5.41, 5.74) is -4.76. The van der Waals surface area contributed by atoms with Gasteiger partial charge in [0.05, 0.1) is 6.42 Å². The number of amides is 2. The lowest BCUT2D eigenvalue weighted by Crippen LogP contribution is -2.64. The van der Waals surface area contributed by atoms with Crippen LogP contribution in [-0.2, 0) is 15.2 Å². The van der Waals surface area contributed by atoms with Gasteiger partial charge in [-0.2, -0.15) is 13.2 Å². The summed E-state index contributed by atoms with van der Waals surface area (Å²) >= 11 is 0. The Hall–Kier alpha value is -2.03. The third-order valence-corrected chi connectivity index (χ3v) is 4.18. The van der Waals surface area contributed by atoms with Gasteiger partial charge in [-0.05, 0) is 32.9 Å². The molecule has 24 heavy (non-hydrogen) atoms. The number of hydrogen-bond donors (Lipinski definition) is 2. The van der Waals surface area contributed by atoms with Gasteiger partial charge < -0.3 is 19.7 Å². The molecule has 2 amide bonds. The molecule has 1 fully saturated rings. The van der Waals surface area contributed by atoms with E-state index in [0.29, 0.717) is 0 Å². The summed E-state index contributed by atoms with van der Waals surface area (Å²) < 4.78 is 45.2. The van der Waals surface area contributed by atoms with E-state index in [1.807, 2.05) is 0 Å². The number of aryl methyl sites for hydroxylation is 1. The second kappa shape index (κ2) is 5.80. The van der Waals surface area contributed by atoms with E-state index in [2.05, 4.69) is 5.32 Å². The van der Waals surface area contributed by atoms with Crippen molar-refractivity contribution in [1.82, 2.24) is 10.2 Å². The first-order valence-corrected chi connectivity index (χ1v) is 7.34. The van der Waals surface area contributed by atoms with Gasteiger partial charge in [-0.25, -0.2) is 0 Å². The number of nitrogens with zero attached hydrogens (tertiary/aromatic N) is 1. The van der Waals surface area contributed by atoms with Crippen LogP contribution in [0.25, 0.3) is 0 Å². The molecular formula is C15H19F3N2O4. The highest BCUT2D eigenvalue weighted by atomic mass is 19.4. The van der Waals surface area contributed by atoms with Gasteiger partial charge in [-0.1, -0.05) is 0 Å². The molecule has 1 aromatic rings. The molecule has 0 radical (unpaired) electrons. The predicted molar refractivity (Wildman–Crippen MR) is 76.8 cm³/mol. The molecule has 0 saturated carbocycles. The van der Waals surface area contributed by atoms with Gasteiger partial charge in [0.2, 0.25) is 17.4 Å². The van der Waals surface area contributed by atoms with Crippen LogP contribution in [0.15, 0.2) is 16.5 Å². The number of alkyl halides is 3. The molecule has 1 unspecified atom stereocenters. The third kappa shape index (κ3) is 3.00. The first kappa shape index (κ1) is 18.3. The van der Waals surface area contributed by atoms with Gasteiger partial charge in [0.1, 0.15) is 17.1 Å². The van der Waals surface area contributed by atoms with Crippen LogP contribution in [0.2, 0.25) is 0 Å². The number of rotatable bonds is 3. The highest BCUT2D eigenvalue weighted by Gasteiger charge is 2.59. The van der Waals surface area contributed by atoms with Crippen molar-refractivity contribution in [3.05, 3.63) is 23.7 Å². The maximum atomic E-state index is 13.4. The van der Waals surface area contributed by atoms with E-state index in [9.17, 15) is 27.9 Å². The highest BCUT2D eigenvalue weighted by molar-refractivity contribution is 5.92. The molecule has 0 spiro atoms. The summed E-state index contributed by atoms with van der Waals surface area (Å²) in [6.45, 7) is 4.49. The third-order valence-electron chi connectivity index (χ3n) is 4.18. The van der Waals surface area contributed by atoms with Crippen molar-refractivity contribution in [2.45, 2.75) is 44.5 Å². The van der Waals surface area contributed by atoms with Crippen LogP contribution >= 0.6 is 0 Å². The van der Waals surface area contributed by atoms with Crippen LogP contribution in [0.3, 0.4) is 0 Å². The van der Waals surface area contributed by atoms with E-state index in [4.69, 9.17) is 4.42 Å². The van der Waals surface area contributed by atoms with Crippen LogP contribution < -0.4 is 5.32 Å². The fourth-order valence-electron chi connectivity index (χ4n) is 2.63. The molecule has 2 N–H and O–H groups in total. The molecule has 1 aliphatic rings. The molecule has 0 aliphatic carbocycles. The molecule has 1 aliphatic heterocycles. The number of hydrogen-bond acceptors (Lipinski definition) is 4. The summed E-state index contributed by atoms with van der Waals surface area (Å²) in [5.74, 6) is -2.02. The topological polar surface area (TPSA) is 82.8 Å². The standard InChI is InChI=1S/C15H19F3N2O4/c1-9-4-5-10(24-9)14(23,15(16,17)18)8-11(21)20-7-6-19-12(22)13(20,2)3/h4-5,23H,6-8H2,1-3H3,(H,19,22). The average Bonchev–Trinajstić information content (AvgIpc) is 2.87. The Morgan fingerprint density at radius 2 is 2.04 bits per heavy atom. The lowest BCUT2D eigenvalue weighted by atomic mass is 9.92. The lowest BCUT2D eigenvalue weighted by Gasteiger charge is -2.42. The zero-order valence-electron chi connectivity index (χ0n) is 13.5. The van der Waals surface area contributed by atoms with Gasteiger partial charge in [-0.15, -0.1) is 0 Å². The summed E-state index contributed by atoms with van der Waals surface area (Å²) in [4.78, 5) is 25.3. The molecule has 9 heteroatoms. The Kier molecular flexibility index (Phi) is 4.43. The van der Waals surface area contributed by atoms with Gasteiger partial charge in [0.15, 0.2) is 0 Å². The Balaban J connectivity index is 2.34. The molecule has 0 aromatic carbocycles. The van der Waals surface area contributed by atoms with Gasteiger partial charge in [-0.3, -0.25) is 9.59 Å². The van der Waals surface area contributed by atoms with Crippen LogP contribution in [-0.4, -0.2) is 46.6 Å². The highest BCUT2D eigenvalue weighted by Crippen LogP contribution is 2.43. The molecule has 6 nitrogen and oxygen atoms in total. The maximum absolute atomic E-state index is 13.4. The molecule has 134 valence electrons. The molecule has 0 bridgehead atoms. The second-order valence-corrected chi connectivity index (χ2v) is 6.31. The molecule has 1 aromatic heterocycles. The zero-order valence-corrected chi connectivity index (χ0v) is 13.5. The zero-order chi connectivity index (χ0) is 18.3. The van der Waals surface area contributed by atoms with Crippen LogP contribution in [0.5, 0.6) is 0 Å². The van der Waals surface area contributed by atoms with Crippen LogP contribution in [0.4, 0.5) is 13.2 Å². The number of furan rings is 1. The fourth-order valence-corrected chi connectivity index (χ4v) is 2.63. The minimum absolute atomic E-state index is 0.0582. The predicted octanol–water partition coefficient (Wildman–Crippen LogP) is 1.47. The number of carbonyl (C=O) groups is 2. The van der Waals surface area contributed by atoms with Gasteiger partial charge in [0.25, 0.3) is 0 Å². The van der Waals surface area contributed by atoms with Gasteiger partial charge >= 0.3 is 6.18 Å². The van der Waals surface area contributed by atoms with Crippen LogP contribution in [0.1, 0.15) is 31.8 Å². The first-order valence-electron chi connectivity index (χ1n) is 7.34. The molecule has 1 saturated heterocycles. The van der Waals surface area contributed by atoms with Crippen molar-refractivity contribution in [1.29, 1.82) is 0 Å². The largest absolute Gasteiger partial charge is 0.463 e. The molecule has 2 rings (SSSR count). The van der Waals surface area contributed by atoms with Crippen molar-refractivity contribution >= 4 is 11.8 Å². The Morgan fingerprint density at radius 1 is 1.42 bits per heavy atom. The first-order chi connectivity index (χ1) is 10.9. The number of carbonyl (C=O) groups excluding carboxylic acids is 2.